The van der Waals surface area contributed by atoms with E-state index in [-0.39, 0.29) is 5.91 Å². The maximum absolute atomic E-state index is 12.8. The van der Waals surface area contributed by atoms with E-state index in [0.717, 1.165) is 32.6 Å². The summed E-state index contributed by atoms with van der Waals surface area (Å²) in [5.41, 5.74) is 3.50. The van der Waals surface area contributed by atoms with Crippen LogP contribution in [0.1, 0.15) is 51.3 Å². The number of thiazole rings is 1. The Labute approximate surface area is 156 Å². The zero-order valence-corrected chi connectivity index (χ0v) is 16.0. The van der Waals surface area contributed by atoms with Crippen molar-refractivity contribution in [1.29, 1.82) is 0 Å². The van der Waals surface area contributed by atoms with Crippen LogP contribution in [0.15, 0.2) is 34.9 Å². The summed E-state index contributed by atoms with van der Waals surface area (Å²) < 4.78 is 5.37. The Balaban J connectivity index is 1.51. The highest BCUT2D eigenvalue weighted by atomic mass is 32.1. The van der Waals surface area contributed by atoms with Crippen LogP contribution >= 0.6 is 11.3 Å². The third-order valence-corrected chi connectivity index (χ3v) is 5.70. The minimum Gasteiger partial charge on any atom is -0.361 e. The van der Waals surface area contributed by atoms with Gasteiger partial charge < -0.3 is 9.42 Å². The normalized spacial score (nSPS) is 13.8. The monoisotopic (exact) mass is 367 g/mol. The fourth-order valence-corrected chi connectivity index (χ4v) is 4.01. The number of benzene rings is 1. The Morgan fingerprint density at radius 3 is 2.81 bits per heavy atom. The van der Waals surface area contributed by atoms with E-state index < -0.39 is 0 Å². The topological polar surface area (TPSA) is 59.2 Å². The maximum atomic E-state index is 12.8. The Bertz CT molecular complexity index is 956. The Hall–Kier alpha value is -2.47. The quantitative estimate of drug-likeness (QED) is 0.663. The molecule has 2 aromatic heterocycles. The van der Waals surface area contributed by atoms with Crippen LogP contribution in [0.3, 0.4) is 0 Å². The van der Waals surface area contributed by atoms with Gasteiger partial charge in [0.1, 0.15) is 11.5 Å². The number of hydrogen-bond donors (Lipinski definition) is 0. The Kier molecular flexibility index (Phi) is 4.36. The number of carbonyl (C=O) groups excluding carboxylic acids is 1. The van der Waals surface area contributed by atoms with Gasteiger partial charge in [-0.25, -0.2) is 4.98 Å². The molecular weight excluding hydrogens is 346 g/mol. The summed E-state index contributed by atoms with van der Waals surface area (Å²) in [5.74, 6) is 1.45. The first-order valence-electron chi connectivity index (χ1n) is 8.76. The van der Waals surface area contributed by atoms with Gasteiger partial charge in [0.05, 0.1) is 22.1 Å². The molecule has 0 N–H and O–H groups in total. The third-order valence-electron chi connectivity index (χ3n) is 4.58. The molecule has 6 heteroatoms. The second-order valence-electron chi connectivity index (χ2n) is 6.88. The first kappa shape index (κ1) is 17.0. The average molecular weight is 367 g/mol. The van der Waals surface area contributed by atoms with Gasteiger partial charge in [-0.15, -0.1) is 11.3 Å². The lowest BCUT2D eigenvalue weighted by Crippen LogP contribution is -2.26. The molecule has 1 saturated carbocycles. The van der Waals surface area contributed by atoms with Crippen molar-refractivity contribution in [2.75, 3.05) is 7.05 Å². The number of rotatable bonds is 5. The lowest BCUT2D eigenvalue weighted by molar-refractivity contribution is 0.0782. The largest absolute Gasteiger partial charge is 0.361 e. The van der Waals surface area contributed by atoms with Crippen molar-refractivity contribution >= 4 is 17.2 Å². The first-order valence-corrected chi connectivity index (χ1v) is 9.58. The van der Waals surface area contributed by atoms with E-state index in [1.165, 1.54) is 12.8 Å². The van der Waals surface area contributed by atoms with E-state index in [2.05, 4.69) is 10.1 Å². The molecule has 0 bridgehead atoms. The fraction of sp³-hybridized carbons (Fsp3) is 0.350. The van der Waals surface area contributed by atoms with Gasteiger partial charge in [0.25, 0.3) is 5.91 Å². The number of aryl methyl sites for hydroxylation is 2. The van der Waals surface area contributed by atoms with Crippen molar-refractivity contribution in [2.45, 2.75) is 39.2 Å². The SMILES string of the molecule is Cc1nc(C)c(-c2cccc(C(=O)N(C)Cc3cc(C4CC4)on3)c2)s1. The van der Waals surface area contributed by atoms with E-state index in [1.54, 1.807) is 23.3 Å². The van der Waals surface area contributed by atoms with E-state index in [0.29, 0.717) is 18.0 Å². The van der Waals surface area contributed by atoms with Crippen LogP contribution in [0, 0.1) is 13.8 Å². The zero-order chi connectivity index (χ0) is 18.3. The Morgan fingerprint density at radius 1 is 1.31 bits per heavy atom. The molecule has 0 aliphatic heterocycles. The highest BCUT2D eigenvalue weighted by molar-refractivity contribution is 7.15. The molecule has 1 aliphatic carbocycles. The van der Waals surface area contributed by atoms with Crippen LogP contribution in [0.2, 0.25) is 0 Å². The maximum Gasteiger partial charge on any atom is 0.253 e. The number of hydrogen-bond acceptors (Lipinski definition) is 5. The molecule has 1 aromatic carbocycles. The highest BCUT2D eigenvalue weighted by Gasteiger charge is 2.28. The minimum absolute atomic E-state index is 0.0262. The van der Waals surface area contributed by atoms with Crippen molar-refractivity contribution in [3.8, 4) is 10.4 Å². The second-order valence-corrected chi connectivity index (χ2v) is 8.09. The first-order chi connectivity index (χ1) is 12.5. The van der Waals surface area contributed by atoms with Gasteiger partial charge in [-0.05, 0) is 44.4 Å². The highest BCUT2D eigenvalue weighted by Crippen LogP contribution is 2.40. The summed E-state index contributed by atoms with van der Waals surface area (Å²) in [6.45, 7) is 4.44. The lowest BCUT2D eigenvalue weighted by Gasteiger charge is -2.16. The molecule has 134 valence electrons. The lowest BCUT2D eigenvalue weighted by atomic mass is 10.1. The molecule has 1 amide bonds. The van der Waals surface area contributed by atoms with E-state index in [1.807, 2.05) is 44.2 Å². The molecule has 4 rings (SSSR count). The van der Waals surface area contributed by atoms with Gasteiger partial charge in [0.15, 0.2) is 0 Å². The smallest absolute Gasteiger partial charge is 0.253 e. The molecule has 0 unspecified atom stereocenters. The van der Waals surface area contributed by atoms with E-state index >= 15 is 0 Å². The van der Waals surface area contributed by atoms with Crippen molar-refractivity contribution in [3.05, 3.63) is 58.1 Å². The van der Waals surface area contributed by atoms with Gasteiger partial charge >= 0.3 is 0 Å². The average Bonchev–Trinajstić information content (AvgIpc) is 3.28. The summed E-state index contributed by atoms with van der Waals surface area (Å²) in [6.07, 6.45) is 2.35. The predicted octanol–water partition coefficient (Wildman–Crippen LogP) is 4.56. The standard InChI is InChI=1S/C20H21N3O2S/c1-12-19(26-13(2)21-12)15-5-4-6-16(9-15)20(24)23(3)11-17-10-18(25-22-17)14-7-8-14/h4-6,9-10,14H,7-8,11H2,1-3H3. The molecule has 0 atom stereocenters. The molecule has 0 saturated heterocycles. The molecular formula is C20H21N3O2S. The van der Waals surface area contributed by atoms with Gasteiger partial charge in [-0.3, -0.25) is 4.79 Å². The predicted molar refractivity (Wildman–Crippen MR) is 101 cm³/mol. The van der Waals surface area contributed by atoms with Crippen molar-refractivity contribution in [2.24, 2.45) is 0 Å². The molecule has 0 radical (unpaired) electrons. The number of nitrogens with zero attached hydrogens (tertiary/aromatic N) is 3. The molecule has 5 nitrogen and oxygen atoms in total. The summed E-state index contributed by atoms with van der Waals surface area (Å²) in [4.78, 5) is 20.1. The van der Waals surface area contributed by atoms with E-state index in [9.17, 15) is 4.79 Å². The van der Waals surface area contributed by atoms with Crippen LogP contribution in [0.4, 0.5) is 0 Å². The molecule has 1 fully saturated rings. The van der Waals surface area contributed by atoms with Crippen molar-refractivity contribution in [1.82, 2.24) is 15.0 Å². The molecule has 26 heavy (non-hydrogen) atoms. The zero-order valence-electron chi connectivity index (χ0n) is 15.2. The van der Waals surface area contributed by atoms with Crippen LogP contribution in [-0.2, 0) is 6.54 Å². The summed E-state index contributed by atoms with van der Waals surface area (Å²) in [7, 11) is 1.79. The molecule has 1 aliphatic rings. The van der Waals surface area contributed by atoms with Crippen LogP contribution in [0.25, 0.3) is 10.4 Å². The van der Waals surface area contributed by atoms with Crippen molar-refractivity contribution in [3.63, 3.8) is 0 Å². The van der Waals surface area contributed by atoms with Crippen molar-refractivity contribution < 1.29 is 9.32 Å². The second kappa shape index (κ2) is 6.68. The number of amides is 1. The minimum atomic E-state index is -0.0262. The van der Waals surface area contributed by atoms with Crippen LogP contribution in [-0.4, -0.2) is 28.0 Å². The molecule has 2 heterocycles. The Morgan fingerprint density at radius 2 is 2.12 bits per heavy atom. The van der Waals surface area contributed by atoms with Gasteiger partial charge in [-0.2, -0.15) is 0 Å². The van der Waals surface area contributed by atoms with E-state index in [4.69, 9.17) is 4.52 Å². The van der Waals surface area contributed by atoms with Gasteiger partial charge in [0.2, 0.25) is 0 Å². The fourth-order valence-electron chi connectivity index (χ4n) is 3.09. The van der Waals surface area contributed by atoms with Crippen LogP contribution < -0.4 is 0 Å². The number of carbonyl (C=O) groups is 1. The molecule has 0 spiro atoms. The van der Waals surface area contributed by atoms with Gasteiger partial charge in [0, 0.05) is 24.6 Å². The van der Waals surface area contributed by atoms with Gasteiger partial charge in [-0.1, -0.05) is 17.3 Å². The summed E-state index contributed by atoms with van der Waals surface area (Å²) in [5, 5.41) is 5.13. The molecule has 3 aromatic rings. The van der Waals surface area contributed by atoms with Crippen LogP contribution in [0.5, 0.6) is 0 Å². The summed E-state index contributed by atoms with van der Waals surface area (Å²) >= 11 is 1.65. The summed E-state index contributed by atoms with van der Waals surface area (Å²) in [6, 6.07) is 9.71. The third kappa shape index (κ3) is 3.42. The number of aromatic nitrogens is 2.